The first kappa shape index (κ1) is 12.1. The lowest BCUT2D eigenvalue weighted by molar-refractivity contribution is 0.443. The van der Waals surface area contributed by atoms with Gasteiger partial charge in [-0.2, -0.15) is 0 Å². The highest BCUT2D eigenvalue weighted by molar-refractivity contribution is 5.42. The van der Waals surface area contributed by atoms with Gasteiger partial charge in [0, 0.05) is 12.2 Å². The minimum Gasteiger partial charge on any atom is -0.385 e. The average Bonchev–Trinajstić information content (AvgIpc) is 2.29. The first-order chi connectivity index (χ1) is 7.36. The number of anilines is 1. The summed E-state index contributed by atoms with van der Waals surface area (Å²) < 4.78 is 0. The van der Waals surface area contributed by atoms with Crippen molar-refractivity contribution >= 4 is 5.69 Å². The summed E-state index contributed by atoms with van der Waals surface area (Å²) in [7, 11) is 0. The van der Waals surface area contributed by atoms with Crippen LogP contribution < -0.4 is 5.32 Å². The molecular formula is C14H23N. The smallest absolute Gasteiger partial charge is 0.0340 e. The Labute approximate surface area is 93.9 Å². The van der Waals surface area contributed by atoms with Crippen molar-refractivity contribution in [3.63, 3.8) is 0 Å². The molecule has 0 bridgehead atoms. The van der Waals surface area contributed by atoms with Crippen LogP contribution in [0.3, 0.4) is 0 Å². The molecule has 1 N–H and O–H groups in total. The highest BCUT2D eigenvalue weighted by Crippen LogP contribution is 2.15. The van der Waals surface area contributed by atoms with Crippen molar-refractivity contribution in [1.29, 1.82) is 0 Å². The maximum Gasteiger partial charge on any atom is 0.0340 e. The summed E-state index contributed by atoms with van der Waals surface area (Å²) in [6, 6.07) is 10.5. The fraction of sp³-hybridized carbons (Fsp3) is 0.571. The van der Waals surface area contributed by atoms with E-state index in [0.29, 0.717) is 0 Å². The molecule has 0 aromatic heterocycles. The summed E-state index contributed by atoms with van der Waals surface area (Å²) in [5, 5.41) is 3.47. The predicted molar refractivity (Wildman–Crippen MR) is 68.2 cm³/mol. The van der Waals surface area contributed by atoms with Crippen LogP contribution in [0.2, 0.25) is 0 Å². The van der Waals surface area contributed by atoms with Gasteiger partial charge in [0.15, 0.2) is 0 Å². The quantitative estimate of drug-likeness (QED) is 0.699. The van der Waals surface area contributed by atoms with E-state index in [-0.39, 0.29) is 0 Å². The third-order valence-electron chi connectivity index (χ3n) is 2.93. The Bertz CT molecular complexity index is 243. The largest absolute Gasteiger partial charge is 0.385 e. The number of hydrogen-bond acceptors (Lipinski definition) is 1. The third-order valence-corrected chi connectivity index (χ3v) is 2.93. The van der Waals surface area contributed by atoms with Crippen LogP contribution in [0.15, 0.2) is 30.3 Å². The van der Waals surface area contributed by atoms with Gasteiger partial charge >= 0.3 is 0 Å². The number of rotatable bonds is 7. The third kappa shape index (κ3) is 4.87. The van der Waals surface area contributed by atoms with E-state index in [1.54, 1.807) is 0 Å². The summed E-state index contributed by atoms with van der Waals surface area (Å²) in [5.41, 5.74) is 1.24. The lowest BCUT2D eigenvalue weighted by Gasteiger charge is -2.14. The van der Waals surface area contributed by atoms with E-state index in [1.807, 2.05) is 0 Å². The molecule has 1 unspecified atom stereocenters. The van der Waals surface area contributed by atoms with Gasteiger partial charge in [-0.25, -0.2) is 0 Å². The zero-order chi connectivity index (χ0) is 10.9. The van der Waals surface area contributed by atoms with Crippen LogP contribution in [0.5, 0.6) is 0 Å². The van der Waals surface area contributed by atoms with Crippen LogP contribution in [0.4, 0.5) is 5.69 Å². The summed E-state index contributed by atoms with van der Waals surface area (Å²) in [6.45, 7) is 5.67. The molecule has 0 saturated heterocycles. The van der Waals surface area contributed by atoms with Gasteiger partial charge in [-0.05, 0) is 24.5 Å². The van der Waals surface area contributed by atoms with Gasteiger partial charge in [0.05, 0.1) is 0 Å². The van der Waals surface area contributed by atoms with Crippen LogP contribution in [0, 0.1) is 5.92 Å². The minimum absolute atomic E-state index is 0.895. The fourth-order valence-corrected chi connectivity index (χ4v) is 1.94. The molecule has 0 aliphatic rings. The Hall–Kier alpha value is -0.980. The van der Waals surface area contributed by atoms with Crippen LogP contribution >= 0.6 is 0 Å². The van der Waals surface area contributed by atoms with E-state index < -0.39 is 0 Å². The lowest BCUT2D eigenvalue weighted by Crippen LogP contribution is -2.08. The van der Waals surface area contributed by atoms with Crippen LogP contribution in [-0.4, -0.2) is 6.54 Å². The van der Waals surface area contributed by atoms with Gasteiger partial charge in [-0.3, -0.25) is 0 Å². The van der Waals surface area contributed by atoms with Crippen molar-refractivity contribution in [3.8, 4) is 0 Å². The number of para-hydroxylation sites is 1. The van der Waals surface area contributed by atoms with E-state index in [9.17, 15) is 0 Å². The number of benzene rings is 1. The molecule has 0 aliphatic carbocycles. The standard InChI is InChI=1S/C14H23N/c1-3-8-13(4-2)11-12-15-14-9-6-5-7-10-14/h5-7,9-10,13,15H,3-4,8,11-12H2,1-2H3. The Kier molecular flexibility index (Phi) is 5.91. The van der Waals surface area contributed by atoms with Gasteiger partial charge in [0.25, 0.3) is 0 Å². The molecule has 0 heterocycles. The molecule has 0 spiro atoms. The first-order valence-corrected chi connectivity index (χ1v) is 6.15. The second-order valence-corrected chi connectivity index (χ2v) is 4.14. The zero-order valence-electron chi connectivity index (χ0n) is 10.00. The van der Waals surface area contributed by atoms with Gasteiger partial charge in [0.1, 0.15) is 0 Å². The summed E-state index contributed by atoms with van der Waals surface area (Å²) in [6.07, 6.45) is 5.28. The zero-order valence-corrected chi connectivity index (χ0v) is 10.00. The molecule has 84 valence electrons. The van der Waals surface area contributed by atoms with Crippen LogP contribution in [-0.2, 0) is 0 Å². The molecule has 1 atom stereocenters. The summed E-state index contributed by atoms with van der Waals surface area (Å²) in [4.78, 5) is 0. The molecule has 1 aromatic rings. The first-order valence-electron chi connectivity index (χ1n) is 6.15. The molecule has 1 nitrogen and oxygen atoms in total. The molecule has 0 fully saturated rings. The van der Waals surface area contributed by atoms with E-state index in [2.05, 4.69) is 49.5 Å². The van der Waals surface area contributed by atoms with Crippen molar-refractivity contribution < 1.29 is 0 Å². The van der Waals surface area contributed by atoms with Crippen molar-refractivity contribution in [2.45, 2.75) is 39.5 Å². The average molecular weight is 205 g/mol. The Morgan fingerprint density at radius 1 is 1.07 bits per heavy atom. The van der Waals surface area contributed by atoms with Crippen molar-refractivity contribution in [2.75, 3.05) is 11.9 Å². The normalized spacial score (nSPS) is 12.4. The van der Waals surface area contributed by atoms with E-state index in [4.69, 9.17) is 0 Å². The Morgan fingerprint density at radius 3 is 2.40 bits per heavy atom. The second-order valence-electron chi connectivity index (χ2n) is 4.14. The van der Waals surface area contributed by atoms with Gasteiger partial charge in [-0.1, -0.05) is 51.3 Å². The molecule has 0 saturated carbocycles. The Morgan fingerprint density at radius 2 is 1.80 bits per heavy atom. The van der Waals surface area contributed by atoms with Crippen LogP contribution in [0.1, 0.15) is 39.5 Å². The monoisotopic (exact) mass is 205 g/mol. The topological polar surface area (TPSA) is 12.0 Å². The summed E-state index contributed by atoms with van der Waals surface area (Å²) >= 11 is 0. The Balaban J connectivity index is 2.20. The van der Waals surface area contributed by atoms with Gasteiger partial charge < -0.3 is 5.32 Å². The van der Waals surface area contributed by atoms with Gasteiger partial charge in [0.2, 0.25) is 0 Å². The molecule has 0 radical (unpaired) electrons. The van der Waals surface area contributed by atoms with Crippen molar-refractivity contribution in [2.24, 2.45) is 5.92 Å². The fourth-order valence-electron chi connectivity index (χ4n) is 1.94. The molecule has 0 amide bonds. The molecular weight excluding hydrogens is 182 g/mol. The summed E-state index contributed by atoms with van der Waals surface area (Å²) in [5.74, 6) is 0.895. The second kappa shape index (κ2) is 7.33. The molecule has 0 aliphatic heterocycles. The molecule has 15 heavy (non-hydrogen) atoms. The lowest BCUT2D eigenvalue weighted by atomic mass is 9.97. The van der Waals surface area contributed by atoms with Gasteiger partial charge in [-0.15, -0.1) is 0 Å². The number of nitrogens with one attached hydrogen (secondary N) is 1. The maximum atomic E-state index is 3.47. The van der Waals surface area contributed by atoms with E-state index in [0.717, 1.165) is 12.5 Å². The van der Waals surface area contributed by atoms with E-state index in [1.165, 1.54) is 31.4 Å². The maximum absolute atomic E-state index is 3.47. The molecule has 1 heteroatoms. The SMILES string of the molecule is CCCC(CC)CCNc1ccccc1. The molecule has 1 aromatic carbocycles. The van der Waals surface area contributed by atoms with Crippen molar-refractivity contribution in [1.82, 2.24) is 0 Å². The van der Waals surface area contributed by atoms with Crippen LogP contribution in [0.25, 0.3) is 0 Å². The highest BCUT2D eigenvalue weighted by Gasteiger charge is 2.03. The minimum atomic E-state index is 0.895. The van der Waals surface area contributed by atoms with E-state index >= 15 is 0 Å². The van der Waals surface area contributed by atoms with Crippen molar-refractivity contribution in [3.05, 3.63) is 30.3 Å². The molecule has 1 rings (SSSR count). The predicted octanol–water partition coefficient (Wildman–Crippen LogP) is 4.31. The highest BCUT2D eigenvalue weighted by atomic mass is 14.9. The number of hydrogen-bond donors (Lipinski definition) is 1.